The van der Waals surface area contributed by atoms with E-state index in [1.165, 1.54) is 0 Å². The Kier molecular flexibility index (Phi) is 7.45. The van der Waals surface area contributed by atoms with E-state index in [2.05, 4.69) is 45.0 Å². The van der Waals surface area contributed by atoms with Gasteiger partial charge in [-0.15, -0.1) is 0 Å². The van der Waals surface area contributed by atoms with Gasteiger partial charge in [0, 0.05) is 55.6 Å². The molecular formula is C34H43N7O3. The number of ether oxygens (including phenoxy) is 1. The van der Waals surface area contributed by atoms with Gasteiger partial charge < -0.3 is 29.4 Å². The van der Waals surface area contributed by atoms with Crippen LogP contribution >= 0.6 is 0 Å². The molecule has 3 aliphatic rings. The summed E-state index contributed by atoms with van der Waals surface area (Å²) >= 11 is 0. The van der Waals surface area contributed by atoms with Crippen LogP contribution in [-0.2, 0) is 29.5 Å². The number of fused-ring (bicyclic) bond motifs is 3. The van der Waals surface area contributed by atoms with Gasteiger partial charge >= 0.3 is 0 Å². The van der Waals surface area contributed by atoms with Crippen LogP contribution in [0.4, 0.5) is 0 Å². The van der Waals surface area contributed by atoms with E-state index in [1.807, 2.05) is 37.8 Å². The zero-order valence-electron chi connectivity index (χ0n) is 26.3. The van der Waals surface area contributed by atoms with Gasteiger partial charge in [0.05, 0.1) is 41.7 Å². The first-order valence-corrected chi connectivity index (χ1v) is 16.1. The highest BCUT2D eigenvalue weighted by atomic mass is 16.5. The summed E-state index contributed by atoms with van der Waals surface area (Å²) in [6, 6.07) is 10.4. The highest BCUT2D eigenvalue weighted by Gasteiger charge is 2.31. The molecule has 0 spiro atoms. The zero-order chi connectivity index (χ0) is 30.6. The van der Waals surface area contributed by atoms with E-state index in [4.69, 9.17) is 14.7 Å². The number of amides is 2. The van der Waals surface area contributed by atoms with Crippen LogP contribution in [0.5, 0.6) is 0 Å². The predicted octanol–water partition coefficient (Wildman–Crippen LogP) is 4.35. The first-order valence-electron chi connectivity index (χ1n) is 16.1. The molecule has 10 heteroatoms. The summed E-state index contributed by atoms with van der Waals surface area (Å²) in [7, 11) is 2.06. The lowest BCUT2D eigenvalue weighted by Crippen LogP contribution is -2.51. The molecule has 0 aliphatic carbocycles. The van der Waals surface area contributed by atoms with Crippen LogP contribution in [0.3, 0.4) is 0 Å². The van der Waals surface area contributed by atoms with Crippen molar-refractivity contribution in [3.63, 3.8) is 0 Å². The number of morpholine rings is 1. The summed E-state index contributed by atoms with van der Waals surface area (Å²) in [5.41, 5.74) is 6.04. The molecule has 0 saturated carbocycles. The number of benzene rings is 1. The van der Waals surface area contributed by atoms with Gasteiger partial charge in [0.15, 0.2) is 5.82 Å². The van der Waals surface area contributed by atoms with E-state index < -0.39 is 5.41 Å². The third kappa shape index (κ3) is 5.17. The SMILES string of the molecule is C[C@H]1NC(=O)C(C)(C)CCCCCn2c(-c3nc4cc5c(cc4n3C)CCN(C[C@H]3COCCN3)C5=O)cc3ccc1nc32. The van der Waals surface area contributed by atoms with Gasteiger partial charge in [-0.3, -0.25) is 9.59 Å². The fraction of sp³-hybridized carbons (Fsp3) is 0.529. The smallest absolute Gasteiger partial charge is 0.254 e. The summed E-state index contributed by atoms with van der Waals surface area (Å²) in [5.74, 6) is 1.01. The first-order chi connectivity index (χ1) is 21.2. The van der Waals surface area contributed by atoms with Crippen molar-refractivity contribution in [3.8, 4) is 11.5 Å². The van der Waals surface area contributed by atoms with Gasteiger partial charge in [0.1, 0.15) is 5.65 Å². The predicted molar refractivity (Wildman–Crippen MR) is 170 cm³/mol. The van der Waals surface area contributed by atoms with Gasteiger partial charge in [0.25, 0.3) is 5.91 Å². The third-order valence-corrected chi connectivity index (χ3v) is 9.80. The normalized spacial score (nSPS) is 22.9. The maximum Gasteiger partial charge on any atom is 0.254 e. The molecular weight excluding hydrogens is 554 g/mol. The van der Waals surface area contributed by atoms with Gasteiger partial charge in [-0.25, -0.2) is 9.97 Å². The van der Waals surface area contributed by atoms with E-state index >= 15 is 0 Å². The van der Waals surface area contributed by atoms with Crippen molar-refractivity contribution in [2.45, 2.75) is 71.5 Å². The van der Waals surface area contributed by atoms with E-state index in [-0.39, 0.29) is 23.9 Å². The number of rotatable bonds is 3. The van der Waals surface area contributed by atoms with Crippen LogP contribution in [0.25, 0.3) is 33.6 Å². The quantitative estimate of drug-likeness (QED) is 0.364. The van der Waals surface area contributed by atoms with Gasteiger partial charge in [-0.05, 0) is 62.1 Å². The summed E-state index contributed by atoms with van der Waals surface area (Å²) in [6.07, 6.45) is 4.68. The molecule has 232 valence electrons. The van der Waals surface area contributed by atoms with Gasteiger partial charge in [0.2, 0.25) is 5.91 Å². The number of carbonyl (C=O) groups excluding carboxylic acids is 2. The Hall–Kier alpha value is -3.76. The number of hydrogen-bond donors (Lipinski definition) is 2. The second-order valence-corrected chi connectivity index (χ2v) is 13.4. The van der Waals surface area contributed by atoms with E-state index in [1.54, 1.807) is 0 Å². The second-order valence-electron chi connectivity index (χ2n) is 13.4. The standard InChI is InChI=1S/C34H43N7O3/c1-21-26-9-8-23-17-29(41(30(23)37-26)13-7-5-6-11-34(2,3)33(43)36-21)31-38-27-18-25-22(16-28(27)39(31)4)10-14-40(32(25)42)19-24-20-44-15-12-35-24/h8-9,16-18,21,24,35H,5-7,10-15,19-20H2,1-4H3,(H,36,43)/t21-,24+/m1/s1. The molecule has 1 aromatic carbocycles. The van der Waals surface area contributed by atoms with Crippen LogP contribution < -0.4 is 10.6 Å². The molecule has 1 fully saturated rings. The van der Waals surface area contributed by atoms with Gasteiger partial charge in [-0.2, -0.15) is 0 Å². The summed E-state index contributed by atoms with van der Waals surface area (Å²) in [4.78, 5) is 38.8. The summed E-state index contributed by atoms with van der Waals surface area (Å²) < 4.78 is 10.1. The van der Waals surface area contributed by atoms with E-state index in [0.717, 1.165) is 102 Å². The van der Waals surface area contributed by atoms with E-state index in [0.29, 0.717) is 19.7 Å². The number of aryl methyl sites for hydroxylation is 2. The van der Waals surface area contributed by atoms with E-state index in [9.17, 15) is 9.59 Å². The number of aromatic nitrogens is 4. The first kappa shape index (κ1) is 29.0. The molecule has 10 nitrogen and oxygen atoms in total. The molecule has 2 bridgehead atoms. The van der Waals surface area contributed by atoms with Crippen LogP contribution in [0.1, 0.15) is 74.1 Å². The monoisotopic (exact) mass is 597 g/mol. The molecule has 44 heavy (non-hydrogen) atoms. The van der Waals surface area contributed by atoms with Crippen molar-refractivity contribution in [3.05, 3.63) is 47.2 Å². The lowest BCUT2D eigenvalue weighted by atomic mass is 9.85. The minimum absolute atomic E-state index is 0.0697. The number of carbonyl (C=O) groups is 2. The number of hydrogen-bond acceptors (Lipinski definition) is 6. The Bertz CT molecular complexity index is 1750. The number of nitrogens with one attached hydrogen (secondary N) is 2. The van der Waals surface area contributed by atoms with Gasteiger partial charge in [-0.1, -0.05) is 26.7 Å². The van der Waals surface area contributed by atoms with Crippen molar-refractivity contribution in [2.24, 2.45) is 12.5 Å². The minimum Gasteiger partial charge on any atom is -0.378 e. The highest BCUT2D eigenvalue weighted by molar-refractivity contribution is 6.00. The summed E-state index contributed by atoms with van der Waals surface area (Å²) in [5, 5.41) is 7.72. The highest BCUT2D eigenvalue weighted by Crippen LogP contribution is 2.34. The van der Waals surface area contributed by atoms with Crippen LogP contribution in [-0.4, -0.2) is 74.7 Å². The third-order valence-electron chi connectivity index (χ3n) is 9.80. The van der Waals surface area contributed by atoms with Crippen molar-refractivity contribution in [1.82, 2.24) is 34.6 Å². The summed E-state index contributed by atoms with van der Waals surface area (Å²) in [6.45, 7) is 10.4. The Balaban J connectivity index is 1.25. The molecule has 2 amide bonds. The van der Waals surface area contributed by atoms with Crippen molar-refractivity contribution < 1.29 is 14.3 Å². The number of pyridine rings is 1. The molecule has 1 saturated heterocycles. The Morgan fingerprint density at radius 3 is 2.75 bits per heavy atom. The van der Waals surface area contributed by atoms with Crippen molar-refractivity contribution in [1.29, 1.82) is 0 Å². The molecule has 3 aromatic heterocycles. The Morgan fingerprint density at radius 1 is 1.07 bits per heavy atom. The topological polar surface area (TPSA) is 106 Å². The zero-order valence-corrected chi connectivity index (χ0v) is 26.3. The molecule has 6 heterocycles. The fourth-order valence-electron chi connectivity index (χ4n) is 7.01. The number of nitrogens with zero attached hydrogens (tertiary/aromatic N) is 5. The molecule has 4 aromatic rings. The second kappa shape index (κ2) is 11.3. The lowest BCUT2D eigenvalue weighted by Gasteiger charge is -2.33. The molecule has 2 N–H and O–H groups in total. The number of imidazole rings is 1. The average Bonchev–Trinajstić information content (AvgIpc) is 3.53. The van der Waals surface area contributed by atoms with Crippen LogP contribution in [0, 0.1) is 5.41 Å². The van der Waals surface area contributed by atoms with Crippen LogP contribution in [0.15, 0.2) is 30.3 Å². The molecule has 0 radical (unpaired) electrons. The fourth-order valence-corrected chi connectivity index (χ4v) is 7.01. The minimum atomic E-state index is -0.418. The molecule has 3 aliphatic heterocycles. The molecule has 0 unspecified atom stereocenters. The van der Waals surface area contributed by atoms with Crippen molar-refractivity contribution in [2.75, 3.05) is 32.8 Å². The lowest BCUT2D eigenvalue weighted by molar-refractivity contribution is -0.130. The molecule has 2 atom stereocenters. The maximum absolute atomic E-state index is 13.6. The largest absolute Gasteiger partial charge is 0.378 e. The van der Waals surface area contributed by atoms with Crippen LogP contribution in [0.2, 0.25) is 0 Å². The van der Waals surface area contributed by atoms with Crippen molar-refractivity contribution >= 4 is 33.9 Å². The average molecular weight is 598 g/mol. The Morgan fingerprint density at radius 2 is 1.93 bits per heavy atom. The Labute approximate surface area is 258 Å². The molecule has 7 rings (SSSR count). The maximum atomic E-state index is 13.6.